The van der Waals surface area contributed by atoms with Crippen molar-refractivity contribution in [1.29, 1.82) is 0 Å². The van der Waals surface area contributed by atoms with Crippen LogP contribution in [0.25, 0.3) is 0 Å². The van der Waals surface area contributed by atoms with E-state index in [4.69, 9.17) is 18.9 Å². The summed E-state index contributed by atoms with van der Waals surface area (Å²) >= 11 is 0. The molecule has 6 unspecified atom stereocenters. The van der Waals surface area contributed by atoms with Crippen LogP contribution in [0.5, 0.6) is 28.7 Å². The number of carbonyl (C=O) groups excluding carboxylic acids is 3. The van der Waals surface area contributed by atoms with E-state index >= 15 is 0 Å². The number of aromatic hydroxyl groups is 1. The fourth-order valence-electron chi connectivity index (χ4n) is 12.9. The lowest BCUT2D eigenvalue weighted by Gasteiger charge is -2.23. The number of nitrogens with one attached hydrogen (secondary N) is 6. The summed E-state index contributed by atoms with van der Waals surface area (Å²) in [4.78, 5) is 58.5. The summed E-state index contributed by atoms with van der Waals surface area (Å²) in [5.74, 6) is -16.9. The third-order valence-corrected chi connectivity index (χ3v) is 22.6. The van der Waals surface area contributed by atoms with Crippen LogP contribution >= 0.6 is 0 Å². The summed E-state index contributed by atoms with van der Waals surface area (Å²) in [5.41, 5.74) is -0.599. The van der Waals surface area contributed by atoms with Crippen molar-refractivity contribution in [3.63, 3.8) is 0 Å². The number of aromatic nitrogens is 7. The van der Waals surface area contributed by atoms with Gasteiger partial charge >= 0.3 is 0 Å². The van der Waals surface area contributed by atoms with Crippen molar-refractivity contribution in [2.45, 2.75) is 39.4 Å². The van der Waals surface area contributed by atoms with Gasteiger partial charge in [-0.1, -0.05) is 30.3 Å². The molecule has 15 rings (SSSR count). The van der Waals surface area contributed by atoms with E-state index in [1.807, 2.05) is 40.5 Å². The van der Waals surface area contributed by atoms with Gasteiger partial charge in [-0.15, -0.1) is 0 Å². The van der Waals surface area contributed by atoms with Crippen LogP contribution in [0.2, 0.25) is 0 Å². The van der Waals surface area contributed by atoms with E-state index in [2.05, 4.69) is 50.1 Å². The Bertz CT molecular complexity index is 5320. The number of aryl methyl sites for hydroxylation is 3. The molecular weight excluding hydrogens is 1630 g/mol. The van der Waals surface area contributed by atoms with Gasteiger partial charge in [0.05, 0.1) is 69.7 Å². The van der Waals surface area contributed by atoms with Crippen LogP contribution in [0.1, 0.15) is 37.0 Å². The highest BCUT2D eigenvalue weighted by molar-refractivity contribution is 7.90. The minimum absolute atomic E-state index is 0. The zero-order chi connectivity index (χ0) is 77.0. The molecule has 0 aliphatic carbocycles. The smallest absolute Gasteiger partial charge is 0.276 e. The average molecular weight is 1700 g/mol. The minimum Gasteiger partial charge on any atom is -1.00 e. The van der Waals surface area contributed by atoms with Crippen molar-refractivity contribution >= 4 is 76.8 Å². The third kappa shape index (κ3) is 16.5. The molecule has 9 N–H and O–H groups in total. The Kier molecular flexibility index (Phi) is 22.5. The first-order valence-electron chi connectivity index (χ1n) is 32.5. The Hall–Kier alpha value is -10.3. The first kappa shape index (κ1) is 78.3. The number of ether oxygens (including phenoxy) is 4. The largest absolute Gasteiger partial charge is 1.00 e. The second-order valence-electron chi connectivity index (χ2n) is 25.7. The van der Waals surface area contributed by atoms with Gasteiger partial charge in [-0.05, 0) is 5.56 Å². The summed E-state index contributed by atoms with van der Waals surface area (Å²) < 4.78 is 235. The van der Waals surface area contributed by atoms with Crippen molar-refractivity contribution in [2.75, 3.05) is 84.8 Å². The average Bonchev–Trinajstić information content (AvgIpc) is 1.62. The minimum atomic E-state index is -4.16. The van der Waals surface area contributed by atoms with Crippen LogP contribution in [0.4, 0.5) is 68.5 Å². The van der Waals surface area contributed by atoms with Gasteiger partial charge in [-0.3, -0.25) is 14.4 Å². The molecule has 5 aromatic heterocycles. The standard InChI is InChI=1S/C28H25F3N6O5S.C21H19F3N6O5S.C17H17F3N4O4S.HI/c1-36-13-23-26(25(36)27(38)34-18-7-20(29)24(31)21(30)8-18)42-15-17-11-37(12-22(17)35-43(23,39)40)28-32-9-19(10-33-28)41-14-16-5-3-2-4-6-16;1-29-8-16-19(18(29)20(32)27-11-2-13(22)17(24)14(23)3-11)35-9-10-6-30(7-15(10)28-36(16,33)34)21-25-4-12(31)5-26-21;1-24-6-13-16(28-7-8-4-21-5-12(8)23-29(13,26)27)15(24)17(25)22-9-2-10(18)14(20)11(19)3-9;/h2-10,13,17,22,35H,11-12,14-15H2,1H3,(H,34,38);2-5,8,10,15,28,31H,6-7,9H2,1H3,(H,27,32);2-3,6,8,12,21,23H,4-5,7H2,1H3,(H,22,25);1H. The van der Waals surface area contributed by atoms with Gasteiger partial charge in [0.1, 0.15) is 21.3 Å². The Balaban J connectivity index is 0.000000155. The van der Waals surface area contributed by atoms with Gasteiger partial charge < -0.3 is 92.8 Å². The van der Waals surface area contributed by atoms with Gasteiger partial charge in [-0.25, -0.2) is 98.9 Å². The highest BCUT2D eigenvalue weighted by Crippen LogP contribution is 2.39. The summed E-state index contributed by atoms with van der Waals surface area (Å²) in [5, 5.41) is 18.1. The number of fused-ring (bicyclic) bond motifs is 6. The number of nitrogens with zero attached hydrogens (tertiary/aromatic N) is 9. The number of hydrogen-bond acceptors (Lipinski definition) is 20. The first-order chi connectivity index (χ1) is 51.3. The van der Waals surface area contributed by atoms with Gasteiger partial charge in [0, 0.05) is 143 Å². The summed E-state index contributed by atoms with van der Waals surface area (Å²) in [6.45, 7) is 3.08. The molecule has 30 nitrogen and oxygen atoms in total. The molecule has 0 saturated carbocycles. The van der Waals surface area contributed by atoms with Gasteiger partial charge in [-0.2, -0.15) is 0 Å². The number of rotatable bonds is 11. The second-order valence-corrected chi connectivity index (χ2v) is 30.7. The lowest BCUT2D eigenvalue weighted by molar-refractivity contribution is -0.638. The number of amides is 3. The molecule has 578 valence electrons. The monoisotopic (exact) mass is 1700 g/mol. The van der Waals surface area contributed by atoms with E-state index in [0.29, 0.717) is 86.8 Å². The molecule has 3 fully saturated rings. The predicted molar refractivity (Wildman–Crippen MR) is 361 cm³/mol. The SMILES string of the molecule is Cn1cc2c(c1C(=O)Nc1cc(F)c(F)c(F)c1)OCC1CN(c3ncc(O)cn3)CC1NS2(=O)=O.Cn1cc2c(c1C(=O)Nc1cc(F)c(F)c(F)c1)OCC1CN(c3ncc(OCc4ccccc4)cn3)CC1NS2(=O)=O.Cn1cc2c(c1C(=O)Nc1cc(F)c(F)c(F)c1)OCC1C[NH2+]CC1NS2(=O)=O.[I-]. The highest BCUT2D eigenvalue weighted by atomic mass is 127. The number of nitrogens with two attached hydrogens (primary N) is 1. The zero-order valence-electron chi connectivity index (χ0n) is 56.8. The first-order valence-corrected chi connectivity index (χ1v) is 37.0. The maximum atomic E-state index is 13.7. The van der Waals surface area contributed by atoms with E-state index in [9.17, 15) is 84.3 Å². The predicted octanol–water partition coefficient (Wildman–Crippen LogP) is 1.54. The summed E-state index contributed by atoms with van der Waals surface area (Å²) in [7, 11) is -7.98. The molecule has 43 heteroatoms. The maximum Gasteiger partial charge on any atom is 0.276 e. The molecule has 6 atom stereocenters. The van der Waals surface area contributed by atoms with Crippen molar-refractivity contribution in [2.24, 2.45) is 38.9 Å². The van der Waals surface area contributed by atoms with Crippen LogP contribution < -0.4 is 88.2 Å². The molecule has 11 heterocycles. The van der Waals surface area contributed by atoms with E-state index in [-0.39, 0.29) is 153 Å². The van der Waals surface area contributed by atoms with Crippen molar-refractivity contribution in [3.05, 3.63) is 185 Å². The van der Waals surface area contributed by atoms with E-state index in [1.54, 1.807) is 17.3 Å². The summed E-state index contributed by atoms with van der Waals surface area (Å²) in [6.07, 6.45) is 9.18. The fraction of sp³-hybridized carbons (Fsp3) is 0.288. The van der Waals surface area contributed by atoms with Gasteiger partial charge in [0.25, 0.3) is 17.7 Å². The lowest BCUT2D eigenvalue weighted by atomic mass is 10.1. The molecule has 3 saturated heterocycles. The van der Waals surface area contributed by atoms with Crippen LogP contribution in [-0.4, -0.2) is 159 Å². The number of hydrogen-bond donors (Lipinski definition) is 8. The number of halogens is 10. The number of quaternary nitrogens is 1. The van der Waals surface area contributed by atoms with Gasteiger partial charge in [0.15, 0.2) is 98.2 Å². The second kappa shape index (κ2) is 31.3. The molecule has 9 aromatic rings. The lowest BCUT2D eigenvalue weighted by Crippen LogP contribution is -3.00. The number of carbonyl (C=O) groups is 3. The van der Waals surface area contributed by atoms with Crippen molar-refractivity contribution < 1.29 is 132 Å². The Morgan fingerprint density at radius 2 is 0.844 bits per heavy atom. The molecule has 0 radical (unpaired) electrons. The molecule has 4 aromatic carbocycles. The molecule has 0 bridgehead atoms. The van der Waals surface area contributed by atoms with Gasteiger partial charge in [0.2, 0.25) is 42.0 Å². The van der Waals surface area contributed by atoms with Crippen LogP contribution in [-0.2, 0) is 57.8 Å². The molecule has 0 spiro atoms. The molecule has 6 aliphatic rings. The topological polar surface area (TPSA) is 372 Å². The van der Waals surface area contributed by atoms with E-state index < -0.39 is 112 Å². The Morgan fingerprint density at radius 1 is 0.505 bits per heavy atom. The van der Waals surface area contributed by atoms with Crippen LogP contribution in [0.15, 0.2) is 125 Å². The summed E-state index contributed by atoms with van der Waals surface area (Å²) in [6, 6.07) is 11.9. The van der Waals surface area contributed by atoms with Crippen LogP contribution in [0, 0.1) is 70.1 Å². The van der Waals surface area contributed by atoms with Crippen LogP contribution in [0.3, 0.4) is 0 Å². The Morgan fingerprint density at radius 3 is 1.21 bits per heavy atom. The number of sulfonamides is 3. The molecule has 6 aliphatic heterocycles. The number of benzene rings is 4. The molecule has 3 amide bonds. The Labute approximate surface area is 630 Å². The maximum absolute atomic E-state index is 13.7. The third-order valence-electron chi connectivity index (χ3n) is 18.2. The molecule has 109 heavy (non-hydrogen) atoms. The van der Waals surface area contributed by atoms with Crippen molar-refractivity contribution in [3.8, 4) is 28.7 Å². The molecular formula is C66H62F9IN16O14S3. The quantitative estimate of drug-likeness (QED) is 0.0517. The van der Waals surface area contributed by atoms with E-state index in [1.165, 1.54) is 65.8 Å². The van der Waals surface area contributed by atoms with E-state index in [0.717, 1.165) is 5.56 Å². The number of anilines is 5. The zero-order valence-corrected chi connectivity index (χ0v) is 61.4. The van der Waals surface area contributed by atoms with Crippen molar-refractivity contribution in [1.82, 2.24) is 47.8 Å². The fourth-order valence-corrected chi connectivity index (χ4v) is 17.4. The highest BCUT2D eigenvalue weighted by Gasteiger charge is 2.45. The normalized spacial score (nSPS) is 20.4.